The zero-order chi connectivity index (χ0) is 23.7. The number of piperazine rings is 1. The highest BCUT2D eigenvalue weighted by Crippen LogP contribution is 2.45. The first-order chi connectivity index (χ1) is 17.1. The third-order valence-electron chi connectivity index (χ3n) is 7.10. The van der Waals surface area contributed by atoms with Crippen LogP contribution in [0.25, 0.3) is 10.9 Å². The van der Waals surface area contributed by atoms with Crippen LogP contribution in [0.15, 0.2) is 66.7 Å². The van der Waals surface area contributed by atoms with Crippen LogP contribution in [-0.4, -0.2) is 41.1 Å². The largest absolute Gasteiger partial charge is 0.454 e. The van der Waals surface area contributed by atoms with Gasteiger partial charge in [-0.05, 0) is 47.5 Å². The summed E-state index contributed by atoms with van der Waals surface area (Å²) in [5.41, 5.74) is 4.45. The summed E-state index contributed by atoms with van der Waals surface area (Å²) in [6.45, 7) is 0.117. The van der Waals surface area contributed by atoms with Gasteiger partial charge in [-0.1, -0.05) is 41.9 Å². The number of aromatic amines is 1. The highest BCUT2D eigenvalue weighted by Gasteiger charge is 2.48. The summed E-state index contributed by atoms with van der Waals surface area (Å²) in [5.74, 6) is 1.07. The molecular formula is C27H20ClN3O4. The van der Waals surface area contributed by atoms with E-state index in [0.29, 0.717) is 28.6 Å². The SMILES string of the molecule is O=C1[C@H]2Cc3c([nH]c4ccccc34)[C@@H](c3ccc4c(c3)OCO4)N2C(=O)CN1c1cccc(Cl)c1. The van der Waals surface area contributed by atoms with Gasteiger partial charge in [0.1, 0.15) is 12.6 Å². The molecule has 35 heavy (non-hydrogen) atoms. The summed E-state index contributed by atoms with van der Waals surface area (Å²) in [7, 11) is 0. The molecular weight excluding hydrogens is 466 g/mol. The highest BCUT2D eigenvalue weighted by molar-refractivity contribution is 6.31. The number of aromatic nitrogens is 1. The quantitative estimate of drug-likeness (QED) is 0.455. The Hall–Kier alpha value is -3.97. The molecule has 2 atom stereocenters. The summed E-state index contributed by atoms with van der Waals surface area (Å²) in [4.78, 5) is 34.4. The smallest absolute Gasteiger partial charge is 0.250 e. The zero-order valence-electron chi connectivity index (χ0n) is 18.5. The van der Waals surface area contributed by atoms with Gasteiger partial charge in [0.05, 0.1) is 6.04 Å². The summed E-state index contributed by atoms with van der Waals surface area (Å²) < 4.78 is 11.1. The van der Waals surface area contributed by atoms with Crippen molar-refractivity contribution in [3.63, 3.8) is 0 Å². The van der Waals surface area contributed by atoms with Crippen molar-refractivity contribution in [2.24, 2.45) is 0 Å². The number of H-pyrrole nitrogens is 1. The third kappa shape index (κ3) is 3.04. The molecule has 0 aliphatic carbocycles. The maximum atomic E-state index is 13.9. The van der Waals surface area contributed by atoms with Crippen molar-refractivity contribution in [1.82, 2.24) is 9.88 Å². The molecule has 8 heteroatoms. The standard InChI is InChI=1S/C27H20ClN3O4/c28-16-4-3-5-17(11-16)30-13-24(32)31-21(27(30)33)12-19-18-6-1-2-7-20(18)29-25(19)26(31)15-8-9-22-23(10-15)35-14-34-22/h1-11,21,26,29H,12-14H2/t21-,26-/m1/s1. The Labute approximate surface area is 205 Å². The molecule has 0 radical (unpaired) electrons. The van der Waals surface area contributed by atoms with Crippen molar-refractivity contribution in [2.45, 2.75) is 18.5 Å². The van der Waals surface area contributed by atoms with Crippen molar-refractivity contribution >= 4 is 40.0 Å². The molecule has 4 aromatic rings. The van der Waals surface area contributed by atoms with Crippen LogP contribution in [0, 0.1) is 0 Å². The number of fused-ring (bicyclic) bond motifs is 5. The lowest BCUT2D eigenvalue weighted by atomic mass is 9.86. The van der Waals surface area contributed by atoms with E-state index < -0.39 is 12.1 Å². The molecule has 0 bridgehead atoms. The number of anilines is 1. The summed E-state index contributed by atoms with van der Waals surface area (Å²) in [5, 5.41) is 1.58. The maximum absolute atomic E-state index is 13.9. The Bertz CT molecular complexity index is 1530. The van der Waals surface area contributed by atoms with Gasteiger partial charge in [0, 0.05) is 33.7 Å². The number of nitrogens with one attached hydrogen (secondary N) is 1. The van der Waals surface area contributed by atoms with E-state index in [1.165, 1.54) is 0 Å². The van der Waals surface area contributed by atoms with E-state index in [0.717, 1.165) is 27.7 Å². The molecule has 0 unspecified atom stereocenters. The maximum Gasteiger partial charge on any atom is 0.250 e. The van der Waals surface area contributed by atoms with Gasteiger partial charge in [0.15, 0.2) is 11.5 Å². The van der Waals surface area contributed by atoms with Crippen molar-refractivity contribution in [3.05, 3.63) is 88.6 Å². The highest BCUT2D eigenvalue weighted by atomic mass is 35.5. The number of para-hydroxylation sites is 1. The molecule has 0 spiro atoms. The topological polar surface area (TPSA) is 74.9 Å². The Kier molecular flexibility index (Phi) is 4.38. The van der Waals surface area contributed by atoms with Crippen LogP contribution in [0.3, 0.4) is 0 Å². The molecule has 1 aromatic heterocycles. The fraction of sp³-hybridized carbons (Fsp3) is 0.185. The van der Waals surface area contributed by atoms with Crippen LogP contribution in [-0.2, 0) is 16.0 Å². The molecule has 7 rings (SSSR count). The van der Waals surface area contributed by atoms with Crippen LogP contribution in [0.1, 0.15) is 22.9 Å². The van der Waals surface area contributed by atoms with Gasteiger partial charge in [0.2, 0.25) is 12.7 Å². The van der Waals surface area contributed by atoms with Crippen LogP contribution in [0.5, 0.6) is 11.5 Å². The second-order valence-corrected chi connectivity index (χ2v) is 9.44. The number of nitrogens with zero attached hydrogens (tertiary/aromatic N) is 2. The first kappa shape index (κ1) is 20.4. The average molecular weight is 486 g/mol. The van der Waals surface area contributed by atoms with Gasteiger partial charge in [0.25, 0.3) is 5.91 Å². The van der Waals surface area contributed by atoms with Crippen molar-refractivity contribution in [2.75, 3.05) is 18.2 Å². The van der Waals surface area contributed by atoms with E-state index in [4.69, 9.17) is 21.1 Å². The van der Waals surface area contributed by atoms with Crippen LogP contribution >= 0.6 is 11.6 Å². The summed E-state index contributed by atoms with van der Waals surface area (Å²) >= 11 is 6.19. The molecule has 3 aromatic carbocycles. The minimum Gasteiger partial charge on any atom is -0.454 e. The number of hydrogen-bond donors (Lipinski definition) is 1. The molecule has 7 nitrogen and oxygen atoms in total. The molecule has 0 saturated carbocycles. The number of benzene rings is 3. The average Bonchev–Trinajstić information content (AvgIpc) is 3.49. The van der Waals surface area contributed by atoms with E-state index in [-0.39, 0.29) is 25.2 Å². The van der Waals surface area contributed by atoms with E-state index in [9.17, 15) is 9.59 Å². The van der Waals surface area contributed by atoms with Crippen molar-refractivity contribution < 1.29 is 19.1 Å². The predicted octanol–water partition coefficient (Wildman–Crippen LogP) is 4.44. The first-order valence-corrected chi connectivity index (χ1v) is 11.8. The van der Waals surface area contributed by atoms with Crippen LogP contribution in [0.4, 0.5) is 5.69 Å². The number of hydrogen-bond acceptors (Lipinski definition) is 4. The van der Waals surface area contributed by atoms with E-state index in [1.807, 2.05) is 42.5 Å². The molecule has 2 amide bonds. The van der Waals surface area contributed by atoms with Gasteiger partial charge in [-0.15, -0.1) is 0 Å². The van der Waals surface area contributed by atoms with Crippen LogP contribution in [0.2, 0.25) is 5.02 Å². The number of ether oxygens (including phenoxy) is 2. The number of carbonyl (C=O) groups excluding carboxylic acids is 2. The normalized spacial score (nSPS) is 20.8. The molecule has 1 N–H and O–H groups in total. The molecule has 3 aliphatic rings. The van der Waals surface area contributed by atoms with Crippen LogP contribution < -0.4 is 14.4 Å². The summed E-state index contributed by atoms with van der Waals surface area (Å²) in [6, 6.07) is 19.7. The molecule has 174 valence electrons. The van der Waals surface area contributed by atoms with Gasteiger partial charge in [-0.25, -0.2) is 0 Å². The summed E-state index contributed by atoms with van der Waals surface area (Å²) in [6.07, 6.45) is 0.433. The second kappa shape index (κ2) is 7.52. The second-order valence-electron chi connectivity index (χ2n) is 9.00. The molecule has 4 heterocycles. The minimum atomic E-state index is -0.641. The number of rotatable bonds is 2. The van der Waals surface area contributed by atoms with Gasteiger partial charge in [-0.3, -0.25) is 9.59 Å². The predicted molar refractivity (Wildman–Crippen MR) is 131 cm³/mol. The monoisotopic (exact) mass is 485 g/mol. The van der Waals surface area contributed by atoms with Gasteiger partial charge >= 0.3 is 0 Å². The van der Waals surface area contributed by atoms with Crippen molar-refractivity contribution in [1.29, 1.82) is 0 Å². The number of halogens is 1. The van der Waals surface area contributed by atoms with Crippen molar-refractivity contribution in [3.8, 4) is 11.5 Å². The Balaban J connectivity index is 1.40. The molecule has 3 aliphatic heterocycles. The van der Waals surface area contributed by atoms with E-state index in [1.54, 1.807) is 28.0 Å². The Morgan fingerprint density at radius 2 is 1.80 bits per heavy atom. The lowest BCUT2D eigenvalue weighted by molar-refractivity contribution is -0.145. The van der Waals surface area contributed by atoms with Gasteiger partial charge in [-0.2, -0.15) is 0 Å². The lowest BCUT2D eigenvalue weighted by Crippen LogP contribution is -2.63. The number of carbonyl (C=O) groups is 2. The Morgan fingerprint density at radius 3 is 2.69 bits per heavy atom. The first-order valence-electron chi connectivity index (χ1n) is 11.5. The lowest BCUT2D eigenvalue weighted by Gasteiger charge is -2.47. The zero-order valence-corrected chi connectivity index (χ0v) is 19.3. The fourth-order valence-electron chi connectivity index (χ4n) is 5.56. The minimum absolute atomic E-state index is 0.0493. The molecule has 1 fully saturated rings. The third-order valence-corrected chi connectivity index (χ3v) is 7.33. The number of amides is 2. The Morgan fingerprint density at radius 1 is 0.943 bits per heavy atom. The van der Waals surface area contributed by atoms with E-state index >= 15 is 0 Å². The van der Waals surface area contributed by atoms with Gasteiger partial charge < -0.3 is 24.3 Å². The molecule has 1 saturated heterocycles. The van der Waals surface area contributed by atoms with E-state index in [2.05, 4.69) is 11.1 Å². The fourth-order valence-corrected chi connectivity index (χ4v) is 5.74.